The van der Waals surface area contributed by atoms with Gasteiger partial charge in [0.1, 0.15) is 6.04 Å². The van der Waals surface area contributed by atoms with Gasteiger partial charge in [0, 0.05) is 19.5 Å². The van der Waals surface area contributed by atoms with E-state index in [0.717, 1.165) is 12.0 Å². The Hall–Kier alpha value is -0.860. The van der Waals surface area contributed by atoms with Crippen LogP contribution in [-0.4, -0.2) is 65.7 Å². The number of methoxy groups -OCH3 is 1. The van der Waals surface area contributed by atoms with Crippen molar-refractivity contribution in [2.75, 3.05) is 20.2 Å². The van der Waals surface area contributed by atoms with Crippen molar-refractivity contribution in [3.63, 3.8) is 0 Å². The highest BCUT2D eigenvalue weighted by Crippen LogP contribution is 2.25. The van der Waals surface area contributed by atoms with Crippen molar-refractivity contribution >= 4 is 5.97 Å². The molecule has 1 heterocycles. The van der Waals surface area contributed by atoms with E-state index in [0.29, 0.717) is 0 Å². The maximum Gasteiger partial charge on any atom is 0.415 e. The number of carbonyl (C=O) groups excluding carboxylic acids is 1. The molecule has 2 N–H and O–H groups in total. The summed E-state index contributed by atoms with van der Waals surface area (Å²) < 4.78 is 40.9. The van der Waals surface area contributed by atoms with Gasteiger partial charge in [0.05, 0.1) is 13.2 Å². The smallest absolute Gasteiger partial charge is 0.415 e. The average molecular weight is 257 g/mol. The molecule has 8 heteroatoms. The molecule has 1 fully saturated rings. The van der Waals surface area contributed by atoms with Gasteiger partial charge in [-0.1, -0.05) is 0 Å². The predicted octanol–water partition coefficient (Wildman–Crippen LogP) is -0.482. The summed E-state index contributed by atoms with van der Waals surface area (Å²) in [4.78, 5) is 12.3. The third kappa shape index (κ3) is 3.55. The van der Waals surface area contributed by atoms with Crippen molar-refractivity contribution in [3.05, 3.63) is 0 Å². The van der Waals surface area contributed by atoms with E-state index in [-0.39, 0.29) is 13.0 Å². The van der Waals surface area contributed by atoms with E-state index >= 15 is 0 Å². The van der Waals surface area contributed by atoms with E-state index in [9.17, 15) is 23.1 Å². The summed E-state index contributed by atoms with van der Waals surface area (Å²) >= 11 is 0. The first-order chi connectivity index (χ1) is 7.75. The van der Waals surface area contributed by atoms with Crippen molar-refractivity contribution in [2.45, 2.75) is 30.8 Å². The fraction of sp³-hybridized carbons (Fsp3) is 0.889. The molecule has 100 valence electrons. The summed E-state index contributed by atoms with van der Waals surface area (Å²) in [5.41, 5.74) is 0. The summed E-state index contributed by atoms with van der Waals surface area (Å²) in [6.07, 6.45) is -8.16. The topological polar surface area (TPSA) is 70.0 Å². The standard InChI is InChI=1S/C9H14F3NO4/c1-17-8(16)6-2-5(14)3-13(6)4-7(15)9(10,11)12/h5-7,14-15H,2-4H2,1H3/t5-,6+,7-/m0/s1. The fourth-order valence-corrected chi connectivity index (χ4v) is 1.79. The second-order valence-corrected chi connectivity index (χ2v) is 3.94. The first-order valence-electron chi connectivity index (χ1n) is 5.00. The van der Waals surface area contributed by atoms with E-state index < -0.39 is 36.9 Å². The molecule has 1 aliphatic rings. The maximum absolute atomic E-state index is 12.2. The van der Waals surface area contributed by atoms with Crippen molar-refractivity contribution in [3.8, 4) is 0 Å². The Morgan fingerprint density at radius 2 is 2.18 bits per heavy atom. The molecule has 1 aliphatic heterocycles. The Morgan fingerprint density at radius 3 is 2.65 bits per heavy atom. The number of alkyl halides is 3. The van der Waals surface area contributed by atoms with Crippen LogP contribution in [0.2, 0.25) is 0 Å². The zero-order valence-corrected chi connectivity index (χ0v) is 9.15. The number of carbonyl (C=O) groups is 1. The van der Waals surface area contributed by atoms with Gasteiger partial charge in [0.25, 0.3) is 0 Å². The average Bonchev–Trinajstić information content (AvgIpc) is 2.57. The second-order valence-electron chi connectivity index (χ2n) is 3.94. The number of nitrogens with zero attached hydrogens (tertiary/aromatic N) is 1. The molecule has 1 rings (SSSR count). The quantitative estimate of drug-likeness (QED) is 0.668. The number of aliphatic hydroxyl groups is 2. The first kappa shape index (κ1) is 14.2. The van der Waals surface area contributed by atoms with Crippen molar-refractivity contribution < 1.29 is 32.9 Å². The first-order valence-corrected chi connectivity index (χ1v) is 5.00. The lowest BCUT2D eigenvalue weighted by Gasteiger charge is -2.25. The summed E-state index contributed by atoms with van der Waals surface area (Å²) in [5, 5.41) is 18.2. The van der Waals surface area contributed by atoms with Gasteiger partial charge < -0.3 is 14.9 Å². The van der Waals surface area contributed by atoms with Gasteiger partial charge in [-0.05, 0) is 0 Å². The number of aliphatic hydroxyl groups excluding tert-OH is 2. The van der Waals surface area contributed by atoms with Gasteiger partial charge >= 0.3 is 12.1 Å². The van der Waals surface area contributed by atoms with Crippen LogP contribution in [0.15, 0.2) is 0 Å². The normalized spacial score (nSPS) is 28.1. The number of hydrogen-bond donors (Lipinski definition) is 2. The Balaban J connectivity index is 2.65. The van der Waals surface area contributed by atoms with Crippen molar-refractivity contribution in [2.24, 2.45) is 0 Å². The number of β-amino-alcohol motifs (C(OH)–C–C–N with tert-alkyl or cyclic N) is 2. The summed E-state index contributed by atoms with van der Waals surface area (Å²) in [5.74, 6) is -0.712. The highest BCUT2D eigenvalue weighted by atomic mass is 19.4. The number of ether oxygens (including phenoxy) is 1. The highest BCUT2D eigenvalue weighted by molar-refractivity contribution is 5.76. The largest absolute Gasteiger partial charge is 0.468 e. The second kappa shape index (κ2) is 5.19. The molecular formula is C9H14F3NO4. The van der Waals surface area contributed by atoms with E-state index in [2.05, 4.69) is 4.74 Å². The predicted molar refractivity (Wildman–Crippen MR) is 50.1 cm³/mol. The molecule has 0 spiro atoms. The molecular weight excluding hydrogens is 243 g/mol. The van der Waals surface area contributed by atoms with Gasteiger partial charge in [-0.3, -0.25) is 9.69 Å². The third-order valence-corrected chi connectivity index (χ3v) is 2.64. The number of likely N-dealkylation sites (tertiary alicyclic amines) is 1. The molecule has 0 bridgehead atoms. The molecule has 0 amide bonds. The Kier molecular flexibility index (Phi) is 4.34. The van der Waals surface area contributed by atoms with Crippen LogP contribution in [0.25, 0.3) is 0 Å². The van der Waals surface area contributed by atoms with Gasteiger partial charge in [0.15, 0.2) is 6.10 Å². The van der Waals surface area contributed by atoms with E-state index in [1.165, 1.54) is 0 Å². The zero-order chi connectivity index (χ0) is 13.2. The monoisotopic (exact) mass is 257 g/mol. The van der Waals surface area contributed by atoms with Crippen molar-refractivity contribution in [1.82, 2.24) is 4.90 Å². The van der Waals surface area contributed by atoms with Crippen LogP contribution >= 0.6 is 0 Å². The maximum atomic E-state index is 12.2. The minimum Gasteiger partial charge on any atom is -0.468 e. The fourth-order valence-electron chi connectivity index (χ4n) is 1.79. The van der Waals surface area contributed by atoms with E-state index in [4.69, 9.17) is 5.11 Å². The zero-order valence-electron chi connectivity index (χ0n) is 9.15. The molecule has 0 aromatic rings. The number of esters is 1. The van der Waals surface area contributed by atoms with E-state index in [1.54, 1.807) is 0 Å². The molecule has 1 saturated heterocycles. The SMILES string of the molecule is COC(=O)[C@H]1C[C@H](O)CN1C[C@H](O)C(F)(F)F. The molecule has 0 saturated carbocycles. The molecule has 0 radical (unpaired) electrons. The molecule has 0 aromatic carbocycles. The highest BCUT2D eigenvalue weighted by Gasteiger charge is 2.44. The van der Waals surface area contributed by atoms with E-state index in [1.807, 2.05) is 0 Å². The van der Waals surface area contributed by atoms with Gasteiger partial charge in [-0.15, -0.1) is 0 Å². The molecule has 17 heavy (non-hydrogen) atoms. The van der Waals surface area contributed by atoms with Crippen LogP contribution in [0.5, 0.6) is 0 Å². The Morgan fingerprint density at radius 1 is 1.59 bits per heavy atom. The molecule has 0 aliphatic carbocycles. The third-order valence-electron chi connectivity index (χ3n) is 2.64. The number of rotatable bonds is 3. The Labute approximate surface area is 95.8 Å². The lowest BCUT2D eigenvalue weighted by molar-refractivity contribution is -0.209. The summed E-state index contributed by atoms with van der Waals surface area (Å²) in [6.45, 7) is -0.840. The minimum absolute atomic E-state index is 0.0112. The lowest BCUT2D eigenvalue weighted by atomic mass is 10.2. The molecule has 0 unspecified atom stereocenters. The van der Waals surface area contributed by atoms with Crippen LogP contribution in [-0.2, 0) is 9.53 Å². The van der Waals surface area contributed by atoms with Crippen LogP contribution in [0.1, 0.15) is 6.42 Å². The summed E-state index contributed by atoms with van der Waals surface area (Å²) in [7, 11) is 1.12. The summed E-state index contributed by atoms with van der Waals surface area (Å²) in [6, 6.07) is -0.938. The van der Waals surface area contributed by atoms with Crippen LogP contribution in [0.3, 0.4) is 0 Å². The van der Waals surface area contributed by atoms with Crippen LogP contribution in [0.4, 0.5) is 13.2 Å². The van der Waals surface area contributed by atoms with Crippen LogP contribution < -0.4 is 0 Å². The van der Waals surface area contributed by atoms with Gasteiger partial charge in [-0.25, -0.2) is 0 Å². The van der Waals surface area contributed by atoms with Gasteiger partial charge in [0.2, 0.25) is 0 Å². The number of halogens is 3. The van der Waals surface area contributed by atoms with Crippen molar-refractivity contribution in [1.29, 1.82) is 0 Å². The van der Waals surface area contributed by atoms with Gasteiger partial charge in [-0.2, -0.15) is 13.2 Å². The molecule has 3 atom stereocenters. The molecule has 0 aromatic heterocycles. The minimum atomic E-state index is -4.74. The lowest BCUT2D eigenvalue weighted by Crippen LogP contribution is -2.45. The Bertz CT molecular complexity index is 284. The number of hydrogen-bond acceptors (Lipinski definition) is 5. The molecule has 5 nitrogen and oxygen atoms in total. The van der Waals surface area contributed by atoms with Crippen LogP contribution in [0, 0.1) is 0 Å².